The molecule has 0 aromatic carbocycles. The minimum Gasteiger partial charge on any atom is -0.379 e. The molecule has 96 valence electrons. The summed E-state index contributed by atoms with van der Waals surface area (Å²) in [6, 6.07) is 0.587. The summed E-state index contributed by atoms with van der Waals surface area (Å²) < 4.78 is 5.50. The zero-order valence-electron chi connectivity index (χ0n) is 11.3. The van der Waals surface area contributed by atoms with Crippen LogP contribution in [-0.4, -0.2) is 43.3 Å². The number of hydrogen-bond donors (Lipinski definition) is 1. The minimum absolute atomic E-state index is 0.0188. The molecule has 2 unspecified atom stereocenters. The Kier molecular flexibility index (Phi) is 5.22. The zero-order valence-corrected chi connectivity index (χ0v) is 11.3. The SMILES string of the molecule is COC(C)(C)CC(C)N1CCCC(CN)C1. The zero-order chi connectivity index (χ0) is 12.2. The fraction of sp³-hybridized carbons (Fsp3) is 1.00. The van der Waals surface area contributed by atoms with E-state index in [9.17, 15) is 0 Å². The first kappa shape index (κ1) is 13.9. The van der Waals surface area contributed by atoms with Crippen molar-refractivity contribution in [1.82, 2.24) is 4.90 Å². The van der Waals surface area contributed by atoms with Gasteiger partial charge in [0.1, 0.15) is 0 Å². The molecule has 0 aromatic rings. The maximum atomic E-state index is 5.77. The Morgan fingerprint density at radius 1 is 1.50 bits per heavy atom. The van der Waals surface area contributed by atoms with E-state index in [1.807, 2.05) is 0 Å². The molecule has 1 rings (SSSR count). The lowest BCUT2D eigenvalue weighted by Crippen LogP contribution is -2.45. The second-order valence-electron chi connectivity index (χ2n) is 5.76. The third-order valence-corrected chi connectivity index (χ3v) is 3.85. The fourth-order valence-corrected chi connectivity index (χ4v) is 2.61. The van der Waals surface area contributed by atoms with Crippen molar-refractivity contribution < 1.29 is 4.74 Å². The summed E-state index contributed by atoms with van der Waals surface area (Å²) in [5.41, 5.74) is 5.75. The first-order valence-corrected chi connectivity index (χ1v) is 6.48. The summed E-state index contributed by atoms with van der Waals surface area (Å²) >= 11 is 0. The Hall–Kier alpha value is -0.120. The van der Waals surface area contributed by atoms with Gasteiger partial charge in [0.05, 0.1) is 5.60 Å². The third kappa shape index (κ3) is 4.04. The monoisotopic (exact) mass is 228 g/mol. The summed E-state index contributed by atoms with van der Waals surface area (Å²) in [6.45, 7) is 9.84. The van der Waals surface area contributed by atoms with E-state index in [-0.39, 0.29) is 5.60 Å². The molecule has 16 heavy (non-hydrogen) atoms. The Morgan fingerprint density at radius 2 is 2.19 bits per heavy atom. The number of nitrogens with zero attached hydrogens (tertiary/aromatic N) is 1. The second-order valence-corrected chi connectivity index (χ2v) is 5.76. The Bertz CT molecular complexity index is 206. The van der Waals surface area contributed by atoms with Crippen LogP contribution >= 0.6 is 0 Å². The van der Waals surface area contributed by atoms with E-state index in [0.717, 1.165) is 19.5 Å². The van der Waals surface area contributed by atoms with Crippen LogP contribution in [0.3, 0.4) is 0 Å². The molecule has 1 aliphatic heterocycles. The lowest BCUT2D eigenvalue weighted by Gasteiger charge is -2.39. The topological polar surface area (TPSA) is 38.5 Å². The van der Waals surface area contributed by atoms with Gasteiger partial charge >= 0.3 is 0 Å². The van der Waals surface area contributed by atoms with Crippen molar-refractivity contribution >= 4 is 0 Å². The molecule has 1 heterocycles. The van der Waals surface area contributed by atoms with Crippen molar-refractivity contribution in [3.8, 4) is 0 Å². The van der Waals surface area contributed by atoms with Gasteiger partial charge in [-0.15, -0.1) is 0 Å². The van der Waals surface area contributed by atoms with Gasteiger partial charge < -0.3 is 15.4 Å². The molecular weight excluding hydrogens is 200 g/mol. The molecule has 1 fully saturated rings. The van der Waals surface area contributed by atoms with Crippen LogP contribution in [0.25, 0.3) is 0 Å². The number of likely N-dealkylation sites (tertiary alicyclic amines) is 1. The van der Waals surface area contributed by atoms with Crippen LogP contribution in [0.2, 0.25) is 0 Å². The number of hydrogen-bond acceptors (Lipinski definition) is 3. The van der Waals surface area contributed by atoms with Crippen molar-refractivity contribution in [1.29, 1.82) is 0 Å². The van der Waals surface area contributed by atoms with Crippen molar-refractivity contribution in [2.24, 2.45) is 11.7 Å². The Balaban J connectivity index is 2.44. The maximum absolute atomic E-state index is 5.77. The summed E-state index contributed by atoms with van der Waals surface area (Å²) in [7, 11) is 1.80. The lowest BCUT2D eigenvalue weighted by molar-refractivity contribution is -0.0114. The highest BCUT2D eigenvalue weighted by Crippen LogP contribution is 2.23. The normalized spacial score (nSPS) is 25.7. The van der Waals surface area contributed by atoms with Gasteiger partial charge in [-0.3, -0.25) is 0 Å². The van der Waals surface area contributed by atoms with E-state index >= 15 is 0 Å². The van der Waals surface area contributed by atoms with Crippen molar-refractivity contribution in [3.05, 3.63) is 0 Å². The van der Waals surface area contributed by atoms with Crippen LogP contribution in [0.5, 0.6) is 0 Å². The van der Waals surface area contributed by atoms with Gasteiger partial charge in [0.2, 0.25) is 0 Å². The number of piperidine rings is 1. The summed E-state index contributed by atoms with van der Waals surface area (Å²) in [4.78, 5) is 2.57. The molecule has 0 bridgehead atoms. The van der Waals surface area contributed by atoms with Gasteiger partial charge in [-0.1, -0.05) is 0 Å². The summed E-state index contributed by atoms with van der Waals surface area (Å²) in [5.74, 6) is 0.696. The molecule has 1 saturated heterocycles. The largest absolute Gasteiger partial charge is 0.379 e. The Labute approximate surface area is 100 Å². The first-order chi connectivity index (χ1) is 7.48. The van der Waals surface area contributed by atoms with Crippen LogP contribution in [0, 0.1) is 5.92 Å². The van der Waals surface area contributed by atoms with Crippen LogP contribution in [0.4, 0.5) is 0 Å². The minimum atomic E-state index is -0.0188. The molecule has 0 spiro atoms. The average Bonchev–Trinajstić information content (AvgIpc) is 2.28. The maximum Gasteiger partial charge on any atom is 0.0637 e. The molecule has 3 heteroatoms. The van der Waals surface area contributed by atoms with E-state index in [4.69, 9.17) is 10.5 Å². The lowest BCUT2D eigenvalue weighted by atomic mass is 9.93. The molecule has 2 N–H and O–H groups in total. The highest BCUT2D eigenvalue weighted by atomic mass is 16.5. The average molecular weight is 228 g/mol. The third-order valence-electron chi connectivity index (χ3n) is 3.85. The van der Waals surface area contributed by atoms with Crippen molar-refractivity contribution in [2.75, 3.05) is 26.7 Å². The summed E-state index contributed by atoms with van der Waals surface area (Å²) in [5, 5.41) is 0. The molecule has 3 nitrogen and oxygen atoms in total. The van der Waals surface area contributed by atoms with Gasteiger partial charge in [-0.25, -0.2) is 0 Å². The molecule has 0 radical (unpaired) electrons. The van der Waals surface area contributed by atoms with Crippen LogP contribution < -0.4 is 5.73 Å². The molecular formula is C13H28N2O. The van der Waals surface area contributed by atoms with Gasteiger partial charge in [0.15, 0.2) is 0 Å². The van der Waals surface area contributed by atoms with E-state index in [2.05, 4.69) is 25.7 Å². The van der Waals surface area contributed by atoms with Gasteiger partial charge in [0.25, 0.3) is 0 Å². The van der Waals surface area contributed by atoms with E-state index in [1.54, 1.807) is 7.11 Å². The molecule has 0 aromatic heterocycles. The van der Waals surface area contributed by atoms with Gasteiger partial charge in [-0.2, -0.15) is 0 Å². The van der Waals surface area contributed by atoms with E-state index in [0.29, 0.717) is 12.0 Å². The highest BCUT2D eigenvalue weighted by Gasteiger charge is 2.27. The van der Waals surface area contributed by atoms with Crippen LogP contribution in [0.1, 0.15) is 40.0 Å². The molecule has 0 saturated carbocycles. The number of nitrogens with two attached hydrogens (primary N) is 1. The van der Waals surface area contributed by atoms with Crippen LogP contribution in [0.15, 0.2) is 0 Å². The Morgan fingerprint density at radius 3 is 2.75 bits per heavy atom. The number of rotatable bonds is 5. The van der Waals surface area contributed by atoms with Gasteiger partial charge in [0, 0.05) is 19.7 Å². The van der Waals surface area contributed by atoms with E-state index in [1.165, 1.54) is 19.4 Å². The smallest absolute Gasteiger partial charge is 0.0637 e. The first-order valence-electron chi connectivity index (χ1n) is 6.48. The predicted molar refractivity (Wildman–Crippen MR) is 68.5 cm³/mol. The van der Waals surface area contributed by atoms with E-state index < -0.39 is 0 Å². The molecule has 2 atom stereocenters. The predicted octanol–water partition coefficient (Wildman–Crippen LogP) is 1.86. The summed E-state index contributed by atoms with van der Waals surface area (Å²) in [6.07, 6.45) is 3.67. The van der Waals surface area contributed by atoms with Crippen molar-refractivity contribution in [2.45, 2.75) is 51.7 Å². The van der Waals surface area contributed by atoms with Crippen LogP contribution in [-0.2, 0) is 4.74 Å². The highest BCUT2D eigenvalue weighted by molar-refractivity contribution is 4.82. The fourth-order valence-electron chi connectivity index (χ4n) is 2.61. The standard InChI is InChI=1S/C13H28N2O/c1-11(8-13(2,3)16-4)15-7-5-6-12(9-14)10-15/h11-12H,5-10,14H2,1-4H3. The number of methoxy groups -OCH3 is 1. The molecule has 0 aliphatic carbocycles. The molecule has 1 aliphatic rings. The second kappa shape index (κ2) is 5.99. The van der Waals surface area contributed by atoms with Crippen molar-refractivity contribution in [3.63, 3.8) is 0 Å². The molecule has 0 amide bonds. The quantitative estimate of drug-likeness (QED) is 0.780. The van der Waals surface area contributed by atoms with Gasteiger partial charge in [-0.05, 0) is 59.0 Å². The number of ether oxygens (including phenoxy) is 1.